The number of amides is 2. The zero-order valence-electron chi connectivity index (χ0n) is 20.6. The summed E-state index contributed by atoms with van der Waals surface area (Å²) in [5.41, 5.74) is 4.01. The van der Waals surface area contributed by atoms with Crippen molar-refractivity contribution in [2.45, 2.75) is 77.3 Å². The van der Waals surface area contributed by atoms with E-state index < -0.39 is 0 Å². The number of carbonyl (C=O) groups is 2. The molecule has 2 amide bonds. The molecule has 0 aliphatic heterocycles. The summed E-state index contributed by atoms with van der Waals surface area (Å²) in [4.78, 5) is 30.2. The van der Waals surface area contributed by atoms with Crippen LogP contribution < -0.4 is 10.2 Å². The molecule has 0 bridgehead atoms. The molecule has 178 valence electrons. The molecule has 0 unspecified atom stereocenters. The fourth-order valence-corrected chi connectivity index (χ4v) is 4.88. The number of carbonyl (C=O) groups excluding carboxylic acids is 2. The summed E-state index contributed by atoms with van der Waals surface area (Å²) in [6, 6.07) is 16.4. The van der Waals surface area contributed by atoms with Gasteiger partial charge in [-0.05, 0) is 48.6 Å². The third kappa shape index (κ3) is 6.37. The number of nitrogens with one attached hydrogen (secondary N) is 1. The van der Waals surface area contributed by atoms with Gasteiger partial charge < -0.3 is 15.1 Å². The Balaban J connectivity index is 1.97. The van der Waals surface area contributed by atoms with Crippen molar-refractivity contribution in [3.8, 4) is 0 Å². The average molecular weight is 450 g/mol. The van der Waals surface area contributed by atoms with Gasteiger partial charge in [-0.3, -0.25) is 9.59 Å². The maximum absolute atomic E-state index is 14.0. The Kier molecular flexibility index (Phi) is 8.93. The van der Waals surface area contributed by atoms with Gasteiger partial charge in [-0.2, -0.15) is 0 Å². The van der Waals surface area contributed by atoms with Crippen molar-refractivity contribution in [2.75, 3.05) is 24.3 Å². The van der Waals surface area contributed by atoms with Gasteiger partial charge in [0.2, 0.25) is 11.8 Å². The molecule has 0 aromatic heterocycles. The lowest BCUT2D eigenvalue weighted by Gasteiger charge is -2.37. The van der Waals surface area contributed by atoms with Crippen LogP contribution in [0.25, 0.3) is 0 Å². The van der Waals surface area contributed by atoms with Gasteiger partial charge in [0.1, 0.15) is 0 Å². The second-order valence-electron chi connectivity index (χ2n) is 9.27. The summed E-state index contributed by atoms with van der Waals surface area (Å²) in [6.45, 7) is 4.50. The second kappa shape index (κ2) is 11.9. The maximum Gasteiger partial charge on any atom is 0.230 e. The van der Waals surface area contributed by atoms with Crippen LogP contribution >= 0.6 is 0 Å². The highest BCUT2D eigenvalue weighted by molar-refractivity contribution is 5.91. The molecule has 1 aliphatic rings. The van der Waals surface area contributed by atoms with Gasteiger partial charge >= 0.3 is 0 Å². The Morgan fingerprint density at radius 2 is 1.70 bits per heavy atom. The van der Waals surface area contributed by atoms with Gasteiger partial charge in [-0.15, -0.1) is 0 Å². The molecule has 1 saturated carbocycles. The number of benzene rings is 2. The standard InChI is InChI=1S/C28H39N3O2/c1-5-25(21-13-9-7-10-14-21)28(33)31(24-15-11-8-12-16-24)20-22-19-23(29-27(32)6-2)17-18-26(22)30(3)4/h7,9-10,13-14,17-19,24-25H,5-6,8,11-12,15-16,20H2,1-4H3,(H,29,32)/t25-/m1/s1. The molecule has 5 nitrogen and oxygen atoms in total. The summed E-state index contributed by atoms with van der Waals surface area (Å²) in [5, 5.41) is 2.98. The van der Waals surface area contributed by atoms with Crippen LogP contribution in [0.3, 0.4) is 0 Å². The zero-order valence-corrected chi connectivity index (χ0v) is 20.6. The quantitative estimate of drug-likeness (QED) is 0.514. The molecule has 1 fully saturated rings. The van der Waals surface area contributed by atoms with Crippen LogP contribution in [0.1, 0.15) is 75.8 Å². The van der Waals surface area contributed by atoms with Crippen molar-refractivity contribution in [3.05, 3.63) is 59.7 Å². The normalized spacial score (nSPS) is 15.0. The number of hydrogen-bond acceptors (Lipinski definition) is 3. The van der Waals surface area contributed by atoms with Crippen molar-refractivity contribution in [3.63, 3.8) is 0 Å². The maximum atomic E-state index is 14.0. The molecule has 0 heterocycles. The largest absolute Gasteiger partial charge is 0.377 e. The van der Waals surface area contributed by atoms with Crippen LogP contribution in [-0.4, -0.2) is 36.9 Å². The first kappa shape index (κ1) is 24.8. The third-order valence-electron chi connectivity index (χ3n) is 6.71. The van der Waals surface area contributed by atoms with Gasteiger partial charge in [-0.25, -0.2) is 0 Å². The molecule has 3 rings (SSSR count). The van der Waals surface area contributed by atoms with Crippen LogP contribution in [-0.2, 0) is 16.1 Å². The van der Waals surface area contributed by atoms with E-state index in [1.54, 1.807) is 0 Å². The summed E-state index contributed by atoms with van der Waals surface area (Å²) >= 11 is 0. The molecule has 2 aromatic carbocycles. The Hall–Kier alpha value is -2.82. The number of rotatable bonds is 9. The smallest absolute Gasteiger partial charge is 0.230 e. The molecule has 1 aliphatic carbocycles. The van der Waals surface area contributed by atoms with Gasteiger partial charge in [0.05, 0.1) is 5.92 Å². The van der Waals surface area contributed by atoms with Crippen molar-refractivity contribution >= 4 is 23.2 Å². The molecule has 5 heteroatoms. The fourth-order valence-electron chi connectivity index (χ4n) is 4.88. The average Bonchev–Trinajstić information content (AvgIpc) is 2.84. The summed E-state index contributed by atoms with van der Waals surface area (Å²) < 4.78 is 0. The highest BCUT2D eigenvalue weighted by Gasteiger charge is 2.31. The Morgan fingerprint density at radius 3 is 2.30 bits per heavy atom. The first-order valence-corrected chi connectivity index (χ1v) is 12.4. The zero-order chi connectivity index (χ0) is 23.8. The molecular weight excluding hydrogens is 410 g/mol. The van der Waals surface area contributed by atoms with E-state index in [1.165, 1.54) is 19.3 Å². The molecule has 2 aromatic rings. The molecule has 0 radical (unpaired) electrons. The predicted octanol–water partition coefficient (Wildman–Crippen LogP) is 5.96. The van der Waals surface area contributed by atoms with Crippen LogP contribution in [0, 0.1) is 0 Å². The van der Waals surface area contributed by atoms with Gasteiger partial charge in [-0.1, -0.05) is 63.4 Å². The van der Waals surface area contributed by atoms with Crippen molar-refractivity contribution in [2.24, 2.45) is 0 Å². The third-order valence-corrected chi connectivity index (χ3v) is 6.71. The van der Waals surface area contributed by atoms with Gasteiger partial charge in [0.25, 0.3) is 0 Å². The summed E-state index contributed by atoms with van der Waals surface area (Å²) in [7, 11) is 4.05. The van der Waals surface area contributed by atoms with Gasteiger partial charge in [0.15, 0.2) is 0 Å². The van der Waals surface area contributed by atoms with Crippen LogP contribution in [0.4, 0.5) is 11.4 Å². The van der Waals surface area contributed by atoms with Gasteiger partial charge in [0, 0.05) is 44.5 Å². The topological polar surface area (TPSA) is 52.7 Å². The van der Waals surface area contributed by atoms with Crippen LogP contribution in [0.2, 0.25) is 0 Å². The Labute approximate surface area is 199 Å². The molecule has 33 heavy (non-hydrogen) atoms. The van der Waals surface area contributed by atoms with Crippen molar-refractivity contribution < 1.29 is 9.59 Å². The van der Waals surface area contributed by atoms with E-state index in [4.69, 9.17) is 0 Å². The minimum Gasteiger partial charge on any atom is -0.377 e. The minimum atomic E-state index is -0.140. The lowest BCUT2D eigenvalue weighted by atomic mass is 9.90. The highest BCUT2D eigenvalue weighted by Crippen LogP contribution is 2.32. The molecule has 0 spiro atoms. The van der Waals surface area contributed by atoms with Crippen LogP contribution in [0.5, 0.6) is 0 Å². The van der Waals surface area contributed by atoms with Crippen LogP contribution in [0.15, 0.2) is 48.5 Å². The van der Waals surface area contributed by atoms with E-state index in [-0.39, 0.29) is 23.8 Å². The first-order valence-electron chi connectivity index (χ1n) is 12.4. The summed E-state index contributed by atoms with van der Waals surface area (Å²) in [5.74, 6) is 0.0658. The Morgan fingerprint density at radius 1 is 1.00 bits per heavy atom. The molecular formula is C28H39N3O2. The van der Waals surface area contributed by atoms with E-state index in [2.05, 4.69) is 34.2 Å². The minimum absolute atomic E-state index is 0.00566. The predicted molar refractivity (Wildman–Crippen MR) is 137 cm³/mol. The monoisotopic (exact) mass is 449 g/mol. The van der Waals surface area contributed by atoms with E-state index in [9.17, 15) is 9.59 Å². The molecule has 1 N–H and O–H groups in total. The van der Waals surface area contributed by atoms with Crippen molar-refractivity contribution in [1.29, 1.82) is 0 Å². The van der Waals surface area contributed by atoms with E-state index in [0.29, 0.717) is 13.0 Å². The first-order chi connectivity index (χ1) is 15.9. The van der Waals surface area contributed by atoms with E-state index in [1.807, 2.05) is 57.4 Å². The number of hydrogen-bond donors (Lipinski definition) is 1. The highest BCUT2D eigenvalue weighted by atomic mass is 16.2. The Bertz CT molecular complexity index is 920. The number of anilines is 2. The summed E-state index contributed by atoms with van der Waals surface area (Å²) in [6.07, 6.45) is 6.91. The fraction of sp³-hybridized carbons (Fsp3) is 0.500. The SMILES string of the molecule is CCC(=O)Nc1ccc(N(C)C)c(CN(C(=O)[C@H](CC)c2ccccc2)C2CCCCC2)c1. The van der Waals surface area contributed by atoms with E-state index >= 15 is 0 Å². The lowest BCUT2D eigenvalue weighted by Crippen LogP contribution is -2.43. The molecule has 1 atom stereocenters. The number of nitrogens with zero attached hydrogens (tertiary/aromatic N) is 2. The second-order valence-corrected chi connectivity index (χ2v) is 9.27. The van der Waals surface area contributed by atoms with Crippen molar-refractivity contribution in [1.82, 2.24) is 4.90 Å². The lowest BCUT2D eigenvalue weighted by molar-refractivity contribution is -0.136. The van der Waals surface area contributed by atoms with E-state index in [0.717, 1.165) is 41.8 Å². The molecule has 0 saturated heterocycles.